The first-order valence-corrected chi connectivity index (χ1v) is 31.3. The summed E-state index contributed by atoms with van der Waals surface area (Å²) in [5, 5.41) is 0. The normalized spacial score (nSPS) is 11.8. The molecule has 0 saturated heterocycles. The molecule has 0 saturated carbocycles. The molecule has 7 rings (SSSR count). The Morgan fingerprint density at radius 1 is 0.247 bits per heavy atom. The number of nitrogens with zero attached hydrogens (tertiary/aromatic N) is 10. The van der Waals surface area contributed by atoms with Crippen LogP contribution in [0.2, 0.25) is 0 Å². The average molecular weight is 1090 g/mol. The van der Waals surface area contributed by atoms with Gasteiger partial charge in [-0.2, -0.15) is 0 Å². The molecular weight excluding hydrogens is 993 g/mol. The lowest BCUT2D eigenvalue weighted by atomic mass is 10.0. The summed E-state index contributed by atoms with van der Waals surface area (Å²) in [6.07, 6.45) is 18.4. The third-order valence-electron chi connectivity index (χ3n) is 14.9. The number of hydrogen-bond acceptors (Lipinski definition) is 10. The second kappa shape index (κ2) is 31.6. The minimum absolute atomic E-state index is 0.611. The highest BCUT2D eigenvalue weighted by atomic mass is 15.3. The van der Waals surface area contributed by atoms with Crippen LogP contribution < -0.4 is 14.7 Å². The van der Waals surface area contributed by atoms with Crippen molar-refractivity contribution in [2.75, 3.05) is 14.7 Å². The largest absolute Gasteiger partial charge is 0.279 e. The Labute approximate surface area is 489 Å². The maximum Gasteiger partial charge on any atom is 0.144 e. The molecule has 0 aromatic carbocycles. The van der Waals surface area contributed by atoms with Crippen LogP contribution in [0.5, 0.6) is 0 Å². The fourth-order valence-corrected chi connectivity index (χ4v) is 10.5. The van der Waals surface area contributed by atoms with Crippen LogP contribution in [0.25, 0.3) is 0 Å². The Hall–Kier alpha value is -6.55. The van der Waals surface area contributed by atoms with Gasteiger partial charge in [0.05, 0.1) is 5.69 Å². The zero-order chi connectivity index (χ0) is 57.7. The Balaban J connectivity index is 1.54. The molecule has 10 heteroatoms. The number of aromatic nitrogens is 7. The lowest BCUT2D eigenvalue weighted by molar-refractivity contribution is 0.553. The number of aryl methyl sites for hydroxylation is 6. The van der Waals surface area contributed by atoms with Gasteiger partial charge in [-0.15, -0.1) is 0 Å². The van der Waals surface area contributed by atoms with Crippen LogP contribution in [-0.4, -0.2) is 34.9 Å². The highest BCUT2D eigenvalue weighted by Gasteiger charge is 2.27. The molecule has 0 radical (unpaired) electrons. The third kappa shape index (κ3) is 19.8. The van der Waals surface area contributed by atoms with Crippen LogP contribution in [0.1, 0.15) is 194 Å². The summed E-state index contributed by atoms with van der Waals surface area (Å²) >= 11 is 0. The summed E-state index contributed by atoms with van der Waals surface area (Å²) in [5.41, 5.74) is 7.11. The van der Waals surface area contributed by atoms with Gasteiger partial charge in [0.25, 0.3) is 0 Å². The standard InChI is InChI=1S/C71H98N10/c1-51(2)25-13-31-57-37-19-43-64(72-57)79(65-44-20-38-58(73-65)32-14-26-52(3)4)63-49-70(80(66-45-21-39-59(74-66)33-15-27-53(5)6)67-46-22-40-60(75-67)34-16-28-54(7)8)78-71(50-63)81(68-47-23-41-61(76-68)35-17-29-55(9)10)69-48-24-42-62(77-69)36-18-30-56(11)12/h19-24,37-56H,13-18,25-36H2,1-12H3. The molecule has 0 atom stereocenters. The molecule has 0 fully saturated rings. The SMILES string of the molecule is CC(C)CCCc1cccc(N(c2cc(N(c3cccc(CCCC(C)C)n3)c3cccc(CCCC(C)C)n3)nc(N(c3cccc(CCCC(C)C)n3)c3cccc(CCCC(C)C)n3)c2)c2cccc(CCCC(C)C)n2)n1. The topological polar surface area (TPSA) is 100.0 Å². The van der Waals surface area contributed by atoms with Crippen molar-refractivity contribution in [3.63, 3.8) is 0 Å². The molecule has 7 aromatic heterocycles. The Kier molecular flexibility index (Phi) is 24.2. The summed E-state index contributed by atoms with van der Waals surface area (Å²) in [4.78, 5) is 45.4. The van der Waals surface area contributed by atoms with Crippen molar-refractivity contribution in [1.82, 2.24) is 34.9 Å². The Morgan fingerprint density at radius 2 is 0.444 bits per heavy atom. The van der Waals surface area contributed by atoms with Crippen LogP contribution >= 0.6 is 0 Å². The summed E-state index contributed by atoms with van der Waals surface area (Å²) < 4.78 is 0. The van der Waals surface area contributed by atoms with Crippen molar-refractivity contribution in [3.05, 3.63) is 155 Å². The minimum Gasteiger partial charge on any atom is -0.279 e. The van der Waals surface area contributed by atoms with E-state index < -0.39 is 0 Å². The van der Waals surface area contributed by atoms with Crippen LogP contribution in [0.15, 0.2) is 121 Å². The van der Waals surface area contributed by atoms with Crippen LogP contribution in [-0.2, 0) is 38.5 Å². The van der Waals surface area contributed by atoms with E-state index in [-0.39, 0.29) is 0 Å². The quantitative estimate of drug-likeness (QED) is 0.0395. The number of anilines is 9. The molecule has 0 bridgehead atoms. The van der Waals surface area contributed by atoms with E-state index in [1.165, 1.54) is 0 Å². The van der Waals surface area contributed by atoms with Gasteiger partial charge in [0, 0.05) is 46.3 Å². The monoisotopic (exact) mass is 1090 g/mol. The lowest BCUT2D eigenvalue weighted by Gasteiger charge is -2.30. The second-order valence-electron chi connectivity index (χ2n) is 25.2. The fraction of sp³-hybridized carbons (Fsp3) is 0.507. The lowest BCUT2D eigenvalue weighted by Crippen LogP contribution is -2.21. The molecule has 0 unspecified atom stereocenters. The van der Waals surface area contributed by atoms with Gasteiger partial charge in [0.2, 0.25) is 0 Å². The van der Waals surface area contributed by atoms with Crippen LogP contribution in [0, 0.1) is 35.5 Å². The Morgan fingerprint density at radius 3 is 0.642 bits per heavy atom. The first kappa shape index (κ1) is 62.1. The minimum atomic E-state index is 0.611. The summed E-state index contributed by atoms with van der Waals surface area (Å²) in [6, 6.07) is 42.9. The molecule has 7 heterocycles. The first-order chi connectivity index (χ1) is 39.1. The first-order valence-electron chi connectivity index (χ1n) is 31.3. The van der Waals surface area contributed by atoms with E-state index in [1.807, 2.05) is 0 Å². The van der Waals surface area contributed by atoms with Crippen molar-refractivity contribution in [1.29, 1.82) is 0 Å². The number of pyridine rings is 7. The van der Waals surface area contributed by atoms with Crippen molar-refractivity contribution in [2.24, 2.45) is 35.5 Å². The van der Waals surface area contributed by atoms with E-state index in [1.54, 1.807) is 0 Å². The zero-order valence-electron chi connectivity index (χ0n) is 51.7. The maximum atomic E-state index is 5.84. The van der Waals surface area contributed by atoms with Gasteiger partial charge in [-0.3, -0.25) is 14.7 Å². The van der Waals surface area contributed by atoms with E-state index in [0.29, 0.717) is 47.1 Å². The van der Waals surface area contributed by atoms with Gasteiger partial charge in [-0.05, 0) is 185 Å². The van der Waals surface area contributed by atoms with E-state index >= 15 is 0 Å². The zero-order valence-corrected chi connectivity index (χ0v) is 51.7. The van der Waals surface area contributed by atoms with E-state index in [0.717, 1.165) is 190 Å². The van der Waals surface area contributed by atoms with Gasteiger partial charge < -0.3 is 0 Å². The molecule has 10 nitrogen and oxygen atoms in total. The molecular formula is C71H98N10. The van der Waals surface area contributed by atoms with Crippen LogP contribution in [0.4, 0.5) is 52.2 Å². The third-order valence-corrected chi connectivity index (χ3v) is 14.9. The smallest absolute Gasteiger partial charge is 0.144 e. The van der Waals surface area contributed by atoms with E-state index in [4.69, 9.17) is 34.9 Å². The van der Waals surface area contributed by atoms with Gasteiger partial charge >= 0.3 is 0 Å². The van der Waals surface area contributed by atoms with Gasteiger partial charge in [-0.25, -0.2) is 34.9 Å². The molecule has 0 aliphatic heterocycles. The molecule has 432 valence electrons. The van der Waals surface area contributed by atoms with Gasteiger partial charge in [0.15, 0.2) is 0 Å². The van der Waals surface area contributed by atoms with Gasteiger partial charge in [-0.1, -0.05) is 158 Å². The summed E-state index contributed by atoms with van der Waals surface area (Å²) in [6.45, 7) is 27.5. The van der Waals surface area contributed by atoms with Crippen molar-refractivity contribution in [2.45, 2.75) is 199 Å². The molecule has 81 heavy (non-hydrogen) atoms. The maximum absolute atomic E-state index is 5.84. The van der Waals surface area contributed by atoms with Crippen molar-refractivity contribution in [3.8, 4) is 0 Å². The molecule has 7 aromatic rings. The molecule has 0 aliphatic carbocycles. The molecule has 0 spiro atoms. The molecule has 0 amide bonds. The van der Waals surface area contributed by atoms with Gasteiger partial charge in [0.1, 0.15) is 46.5 Å². The summed E-state index contributed by atoms with van der Waals surface area (Å²) in [5.74, 6) is 9.56. The van der Waals surface area contributed by atoms with E-state index in [2.05, 4.69) is 219 Å². The fourth-order valence-electron chi connectivity index (χ4n) is 10.5. The highest BCUT2D eigenvalue weighted by molar-refractivity contribution is 5.83. The van der Waals surface area contributed by atoms with Crippen molar-refractivity contribution >= 4 is 52.2 Å². The molecule has 0 N–H and O–H groups in total. The Bertz CT molecular complexity index is 2480. The predicted octanol–water partition coefficient (Wildman–Crippen LogP) is 19.7. The number of rotatable bonds is 33. The number of hydrogen-bond donors (Lipinski definition) is 0. The highest BCUT2D eigenvalue weighted by Crippen LogP contribution is 2.43. The van der Waals surface area contributed by atoms with Crippen molar-refractivity contribution < 1.29 is 0 Å². The van der Waals surface area contributed by atoms with E-state index in [9.17, 15) is 0 Å². The second-order valence-corrected chi connectivity index (χ2v) is 25.2. The van der Waals surface area contributed by atoms with Crippen LogP contribution in [0.3, 0.4) is 0 Å². The summed E-state index contributed by atoms with van der Waals surface area (Å²) in [7, 11) is 0. The average Bonchev–Trinajstić information content (AvgIpc) is 3.54. The molecule has 0 aliphatic rings. The predicted molar refractivity (Wildman–Crippen MR) is 342 cm³/mol.